The molecule has 3 saturated carbocycles. The minimum atomic E-state index is -0.418. The van der Waals surface area contributed by atoms with Crippen molar-refractivity contribution in [2.75, 3.05) is 6.61 Å². The molecule has 0 radical (unpaired) electrons. The Morgan fingerprint density at radius 1 is 0.619 bits per heavy atom. The first-order chi connectivity index (χ1) is 20.5. The van der Waals surface area contributed by atoms with Crippen molar-refractivity contribution in [1.82, 2.24) is 0 Å². The van der Waals surface area contributed by atoms with Crippen molar-refractivity contribution < 1.29 is 19.1 Å². The van der Waals surface area contributed by atoms with Crippen LogP contribution in [0.2, 0.25) is 0 Å². The fraction of sp³-hybridized carbons (Fsp3) is 0.632. The van der Waals surface area contributed by atoms with Gasteiger partial charge >= 0.3 is 11.9 Å². The van der Waals surface area contributed by atoms with Crippen molar-refractivity contribution in [2.45, 2.75) is 128 Å². The predicted octanol–water partition coefficient (Wildman–Crippen LogP) is 10.0. The summed E-state index contributed by atoms with van der Waals surface area (Å²) in [6.07, 6.45) is 17.8. The van der Waals surface area contributed by atoms with Crippen molar-refractivity contribution in [3.8, 4) is 0 Å². The number of hydrogen-bond donors (Lipinski definition) is 0. The second-order valence-corrected chi connectivity index (χ2v) is 13.4. The molecule has 3 aliphatic carbocycles. The van der Waals surface area contributed by atoms with Crippen molar-refractivity contribution >= 4 is 11.9 Å². The van der Waals surface area contributed by atoms with E-state index in [0.29, 0.717) is 23.0 Å². The summed E-state index contributed by atoms with van der Waals surface area (Å²) in [5.74, 6) is 2.51. The van der Waals surface area contributed by atoms with Gasteiger partial charge in [0.1, 0.15) is 12.7 Å². The quantitative estimate of drug-likeness (QED) is 0.266. The number of ether oxygens (including phenoxy) is 2. The second-order valence-electron chi connectivity index (χ2n) is 13.4. The van der Waals surface area contributed by atoms with Crippen LogP contribution in [0.4, 0.5) is 0 Å². The van der Waals surface area contributed by atoms with Gasteiger partial charge in [-0.15, -0.1) is 0 Å². The van der Waals surface area contributed by atoms with Crippen LogP contribution >= 0.6 is 0 Å². The zero-order chi connectivity index (χ0) is 29.3. The number of carbonyl (C=O) groups is 2. The van der Waals surface area contributed by atoms with E-state index < -0.39 is 6.10 Å². The van der Waals surface area contributed by atoms with Gasteiger partial charge in [0.25, 0.3) is 0 Å². The normalized spacial score (nSPS) is 25.9. The Morgan fingerprint density at radius 2 is 1.07 bits per heavy atom. The average molecular weight is 573 g/mol. The maximum Gasteiger partial charge on any atom is 0.338 e. The number of esters is 2. The molecule has 0 spiro atoms. The van der Waals surface area contributed by atoms with Crippen LogP contribution in [0.25, 0.3) is 0 Å². The fourth-order valence-electron chi connectivity index (χ4n) is 7.81. The number of benzene rings is 2. The van der Waals surface area contributed by atoms with Gasteiger partial charge in [-0.1, -0.05) is 70.2 Å². The lowest BCUT2D eigenvalue weighted by Crippen LogP contribution is -2.33. The first-order valence-corrected chi connectivity index (χ1v) is 17.1. The highest BCUT2D eigenvalue weighted by molar-refractivity contribution is 5.90. The molecule has 1 atom stereocenters. The summed E-state index contributed by atoms with van der Waals surface area (Å²) in [5.41, 5.74) is 3.81. The summed E-state index contributed by atoms with van der Waals surface area (Å²) < 4.78 is 11.9. The van der Waals surface area contributed by atoms with E-state index in [2.05, 4.69) is 38.1 Å². The molecule has 0 aliphatic heterocycles. The Balaban J connectivity index is 1.16. The van der Waals surface area contributed by atoms with Crippen molar-refractivity contribution in [3.05, 3.63) is 70.8 Å². The minimum Gasteiger partial charge on any atom is -0.458 e. The first-order valence-electron chi connectivity index (χ1n) is 17.1. The van der Waals surface area contributed by atoms with Crippen LogP contribution < -0.4 is 0 Å². The molecule has 0 heterocycles. The van der Waals surface area contributed by atoms with Crippen molar-refractivity contribution in [3.63, 3.8) is 0 Å². The molecular formula is C38H52O4. The molecule has 0 aromatic heterocycles. The molecule has 2 aromatic rings. The molecule has 42 heavy (non-hydrogen) atoms. The van der Waals surface area contributed by atoms with E-state index in [1.54, 1.807) is 0 Å². The molecular weight excluding hydrogens is 520 g/mol. The largest absolute Gasteiger partial charge is 0.458 e. The van der Waals surface area contributed by atoms with Gasteiger partial charge in [-0.25, -0.2) is 9.59 Å². The van der Waals surface area contributed by atoms with E-state index >= 15 is 0 Å². The molecule has 0 saturated heterocycles. The lowest BCUT2D eigenvalue weighted by molar-refractivity contribution is -0.0247. The SMILES string of the molecule is CCC1CCC(c2ccc(C(=O)OCC(OC(=O)c3ccc(C4CCC(CC)CC4)cc3)C3CCCCC3)cc2)CC1. The highest BCUT2D eigenvalue weighted by Crippen LogP contribution is 2.38. The number of hydrogen-bond acceptors (Lipinski definition) is 4. The Hall–Kier alpha value is -2.62. The van der Waals surface area contributed by atoms with Crippen LogP contribution in [0.5, 0.6) is 0 Å². The topological polar surface area (TPSA) is 52.6 Å². The summed E-state index contributed by atoms with van der Waals surface area (Å²) in [7, 11) is 0. The van der Waals surface area contributed by atoms with Crippen molar-refractivity contribution in [2.24, 2.45) is 17.8 Å². The molecule has 5 rings (SSSR count). The Labute approximate surface area is 254 Å². The lowest BCUT2D eigenvalue weighted by atomic mass is 9.78. The molecule has 4 nitrogen and oxygen atoms in total. The minimum absolute atomic E-state index is 0.108. The van der Waals surface area contributed by atoms with Gasteiger partial charge in [0, 0.05) is 0 Å². The van der Waals surface area contributed by atoms with E-state index in [0.717, 1.165) is 37.5 Å². The van der Waals surface area contributed by atoms with Crippen LogP contribution in [0.3, 0.4) is 0 Å². The summed E-state index contributed by atoms with van der Waals surface area (Å²) in [6.45, 7) is 4.70. The van der Waals surface area contributed by atoms with Gasteiger partial charge in [0.05, 0.1) is 11.1 Å². The standard InChI is InChI=1S/C38H52O4/c1-3-27-10-14-29(15-11-27)31-18-22-34(23-19-31)37(39)41-26-36(33-8-6-5-7-9-33)42-38(40)35-24-20-32(21-25-35)30-16-12-28(4-2)13-17-30/h18-25,27-30,33,36H,3-17,26H2,1-2H3. The van der Waals surface area contributed by atoms with Crippen LogP contribution in [-0.2, 0) is 9.47 Å². The third-order valence-electron chi connectivity index (χ3n) is 10.9. The average Bonchev–Trinajstić information content (AvgIpc) is 3.07. The Kier molecular flexibility index (Phi) is 11.2. The van der Waals surface area contributed by atoms with E-state index in [4.69, 9.17) is 9.47 Å². The van der Waals surface area contributed by atoms with Gasteiger partial charge in [0.2, 0.25) is 0 Å². The van der Waals surface area contributed by atoms with Gasteiger partial charge in [-0.2, -0.15) is 0 Å². The summed E-state index contributed by atoms with van der Waals surface area (Å²) >= 11 is 0. The monoisotopic (exact) mass is 572 g/mol. The van der Waals surface area contributed by atoms with Crippen LogP contribution in [0.1, 0.15) is 154 Å². The van der Waals surface area contributed by atoms with Crippen LogP contribution in [-0.4, -0.2) is 24.6 Å². The maximum atomic E-state index is 13.2. The predicted molar refractivity (Wildman–Crippen MR) is 169 cm³/mol. The molecule has 2 aromatic carbocycles. The van der Waals surface area contributed by atoms with Crippen LogP contribution in [0, 0.1) is 17.8 Å². The first kappa shape index (κ1) is 30.8. The zero-order valence-corrected chi connectivity index (χ0v) is 26.0. The van der Waals surface area contributed by atoms with E-state index in [1.807, 2.05) is 24.3 Å². The van der Waals surface area contributed by atoms with Gasteiger partial charge in [-0.3, -0.25) is 0 Å². The highest BCUT2D eigenvalue weighted by atomic mass is 16.6. The van der Waals surface area contributed by atoms with Gasteiger partial charge in [-0.05, 0) is 129 Å². The highest BCUT2D eigenvalue weighted by Gasteiger charge is 2.30. The maximum absolute atomic E-state index is 13.2. The molecule has 4 heteroatoms. The molecule has 0 N–H and O–H groups in total. The number of rotatable bonds is 10. The van der Waals surface area contributed by atoms with Gasteiger partial charge < -0.3 is 9.47 Å². The fourth-order valence-corrected chi connectivity index (χ4v) is 7.81. The van der Waals surface area contributed by atoms with E-state index in [1.165, 1.54) is 81.8 Å². The third kappa shape index (κ3) is 8.05. The zero-order valence-electron chi connectivity index (χ0n) is 26.0. The molecule has 0 bridgehead atoms. The Morgan fingerprint density at radius 3 is 1.52 bits per heavy atom. The number of carbonyl (C=O) groups excluding carboxylic acids is 2. The molecule has 1 unspecified atom stereocenters. The lowest BCUT2D eigenvalue weighted by Gasteiger charge is -2.30. The van der Waals surface area contributed by atoms with Gasteiger partial charge in [0.15, 0.2) is 0 Å². The van der Waals surface area contributed by atoms with Crippen molar-refractivity contribution in [1.29, 1.82) is 0 Å². The third-order valence-corrected chi connectivity index (χ3v) is 10.9. The summed E-state index contributed by atoms with van der Waals surface area (Å²) in [6, 6.07) is 16.1. The smallest absolute Gasteiger partial charge is 0.338 e. The second kappa shape index (κ2) is 15.2. The summed E-state index contributed by atoms with van der Waals surface area (Å²) in [5, 5.41) is 0. The summed E-state index contributed by atoms with van der Waals surface area (Å²) in [4.78, 5) is 26.3. The molecule has 3 aliphatic rings. The van der Waals surface area contributed by atoms with E-state index in [-0.39, 0.29) is 24.5 Å². The molecule has 3 fully saturated rings. The Bertz CT molecular complexity index is 1110. The molecule has 0 amide bonds. The van der Waals surface area contributed by atoms with Crippen LogP contribution in [0.15, 0.2) is 48.5 Å². The van der Waals surface area contributed by atoms with E-state index in [9.17, 15) is 9.59 Å². The molecule has 228 valence electrons.